The summed E-state index contributed by atoms with van der Waals surface area (Å²) in [5, 5.41) is 3.95. The summed E-state index contributed by atoms with van der Waals surface area (Å²) in [5.41, 5.74) is 2.71. The first-order valence-electron chi connectivity index (χ1n) is 8.67. The minimum absolute atomic E-state index is 0.442. The predicted molar refractivity (Wildman–Crippen MR) is 106 cm³/mol. The fourth-order valence-electron chi connectivity index (χ4n) is 2.59. The van der Waals surface area contributed by atoms with E-state index in [2.05, 4.69) is 28.0 Å². The van der Waals surface area contributed by atoms with Crippen LogP contribution in [0, 0.1) is 0 Å². The van der Waals surface area contributed by atoms with Gasteiger partial charge in [-0.25, -0.2) is 4.79 Å². The second kappa shape index (κ2) is 8.81. The number of nitrogens with zero attached hydrogens (tertiary/aromatic N) is 1. The van der Waals surface area contributed by atoms with Crippen molar-refractivity contribution in [1.82, 2.24) is 0 Å². The number of ether oxygens (including phenoxy) is 1. The van der Waals surface area contributed by atoms with Crippen molar-refractivity contribution >= 4 is 33.7 Å². The molecule has 0 atom stereocenters. The molecule has 0 aromatic heterocycles. The standard InChI is InChI=1S/C21H20BrNO3/c1-2-3-4-13-25-18-11-7-16(8-12-18)20-19(21(24)26-23-20)14-15-5-9-17(22)10-6-15/h5-12,14H,2-4,13H2,1H3/b19-14-. The van der Waals surface area contributed by atoms with Crippen molar-refractivity contribution in [2.75, 3.05) is 6.61 Å². The first-order valence-corrected chi connectivity index (χ1v) is 9.47. The second-order valence-corrected chi connectivity index (χ2v) is 6.92. The van der Waals surface area contributed by atoms with Crippen molar-refractivity contribution in [3.8, 4) is 5.75 Å². The van der Waals surface area contributed by atoms with Gasteiger partial charge in [0.05, 0.1) is 12.2 Å². The van der Waals surface area contributed by atoms with E-state index in [4.69, 9.17) is 9.57 Å². The highest BCUT2D eigenvalue weighted by atomic mass is 79.9. The number of halogens is 1. The molecule has 0 amide bonds. The van der Waals surface area contributed by atoms with Crippen LogP contribution in [0.2, 0.25) is 0 Å². The van der Waals surface area contributed by atoms with E-state index in [-0.39, 0.29) is 0 Å². The maximum Gasteiger partial charge on any atom is 0.368 e. The van der Waals surface area contributed by atoms with Crippen molar-refractivity contribution in [3.05, 3.63) is 69.7 Å². The number of oxime groups is 1. The van der Waals surface area contributed by atoms with E-state index in [1.54, 1.807) is 6.08 Å². The van der Waals surface area contributed by atoms with Crippen LogP contribution in [0.3, 0.4) is 0 Å². The number of benzene rings is 2. The number of hydrogen-bond acceptors (Lipinski definition) is 4. The molecule has 2 aromatic carbocycles. The summed E-state index contributed by atoms with van der Waals surface area (Å²) in [6.45, 7) is 2.88. The smallest absolute Gasteiger partial charge is 0.368 e. The highest BCUT2D eigenvalue weighted by Gasteiger charge is 2.26. The average molecular weight is 414 g/mol. The molecule has 5 heteroatoms. The molecule has 0 aliphatic carbocycles. The first-order chi connectivity index (χ1) is 12.7. The molecule has 0 saturated carbocycles. The Morgan fingerprint density at radius 2 is 1.81 bits per heavy atom. The Morgan fingerprint density at radius 3 is 2.50 bits per heavy atom. The monoisotopic (exact) mass is 413 g/mol. The summed E-state index contributed by atoms with van der Waals surface area (Å²) >= 11 is 3.40. The van der Waals surface area contributed by atoms with Gasteiger partial charge in [0.1, 0.15) is 11.5 Å². The molecule has 134 valence electrons. The van der Waals surface area contributed by atoms with Crippen LogP contribution in [-0.2, 0) is 9.63 Å². The average Bonchev–Trinajstić information content (AvgIpc) is 3.02. The van der Waals surface area contributed by atoms with Gasteiger partial charge in [-0.3, -0.25) is 0 Å². The zero-order valence-corrected chi connectivity index (χ0v) is 16.2. The molecule has 0 N–H and O–H groups in total. The van der Waals surface area contributed by atoms with Gasteiger partial charge in [0, 0.05) is 10.0 Å². The molecule has 0 saturated heterocycles. The Kier molecular flexibility index (Phi) is 6.23. The summed E-state index contributed by atoms with van der Waals surface area (Å²) in [4.78, 5) is 17.0. The van der Waals surface area contributed by atoms with Crippen LogP contribution in [0.15, 0.2) is 63.7 Å². The lowest BCUT2D eigenvalue weighted by atomic mass is 10.0. The van der Waals surface area contributed by atoms with E-state index < -0.39 is 5.97 Å². The van der Waals surface area contributed by atoms with Crippen LogP contribution < -0.4 is 4.74 Å². The van der Waals surface area contributed by atoms with E-state index in [0.717, 1.165) is 27.8 Å². The SMILES string of the molecule is CCCCCOc1ccc(C2=NOC(=O)/C2=C\c2ccc(Br)cc2)cc1. The van der Waals surface area contributed by atoms with E-state index in [9.17, 15) is 4.79 Å². The number of rotatable bonds is 7. The Morgan fingerprint density at radius 1 is 1.08 bits per heavy atom. The molecule has 0 spiro atoms. The summed E-state index contributed by atoms with van der Waals surface area (Å²) < 4.78 is 6.71. The quantitative estimate of drug-likeness (QED) is 0.348. The topological polar surface area (TPSA) is 47.9 Å². The zero-order valence-electron chi connectivity index (χ0n) is 14.6. The van der Waals surface area contributed by atoms with E-state index >= 15 is 0 Å². The second-order valence-electron chi connectivity index (χ2n) is 6.01. The maximum atomic E-state index is 12.1. The first kappa shape index (κ1) is 18.4. The lowest BCUT2D eigenvalue weighted by molar-refractivity contribution is -0.136. The van der Waals surface area contributed by atoms with Crippen LogP contribution in [0.25, 0.3) is 6.08 Å². The molecule has 4 nitrogen and oxygen atoms in total. The third-order valence-electron chi connectivity index (χ3n) is 4.02. The molecule has 1 heterocycles. The number of hydrogen-bond donors (Lipinski definition) is 0. The fourth-order valence-corrected chi connectivity index (χ4v) is 2.86. The highest BCUT2D eigenvalue weighted by molar-refractivity contribution is 9.10. The van der Waals surface area contributed by atoms with Gasteiger partial charge in [-0.2, -0.15) is 0 Å². The van der Waals surface area contributed by atoms with Crippen LogP contribution in [0.1, 0.15) is 37.3 Å². The summed E-state index contributed by atoms with van der Waals surface area (Å²) in [7, 11) is 0. The van der Waals surface area contributed by atoms with Crippen molar-refractivity contribution in [3.63, 3.8) is 0 Å². The van der Waals surface area contributed by atoms with Crippen LogP contribution in [0.5, 0.6) is 5.75 Å². The van der Waals surface area contributed by atoms with Gasteiger partial charge in [0.2, 0.25) is 0 Å². The van der Waals surface area contributed by atoms with Gasteiger partial charge in [-0.15, -0.1) is 0 Å². The van der Waals surface area contributed by atoms with Gasteiger partial charge >= 0.3 is 5.97 Å². The molecule has 3 rings (SSSR count). The molecule has 1 aliphatic heterocycles. The lowest BCUT2D eigenvalue weighted by Gasteiger charge is -2.07. The van der Waals surface area contributed by atoms with Gasteiger partial charge in [-0.1, -0.05) is 53.0 Å². The molecule has 0 radical (unpaired) electrons. The van der Waals surface area contributed by atoms with Crippen molar-refractivity contribution in [1.29, 1.82) is 0 Å². The number of carbonyl (C=O) groups excluding carboxylic acids is 1. The zero-order chi connectivity index (χ0) is 18.4. The Hall–Kier alpha value is -2.40. The largest absolute Gasteiger partial charge is 0.494 e. The minimum atomic E-state index is -0.442. The molecule has 2 aromatic rings. The van der Waals surface area contributed by atoms with E-state index in [1.807, 2.05) is 48.5 Å². The third kappa shape index (κ3) is 4.61. The van der Waals surface area contributed by atoms with Crippen LogP contribution in [0.4, 0.5) is 0 Å². The van der Waals surface area contributed by atoms with Gasteiger partial charge in [0.15, 0.2) is 0 Å². The highest BCUT2D eigenvalue weighted by Crippen LogP contribution is 2.23. The van der Waals surface area contributed by atoms with Gasteiger partial charge in [0.25, 0.3) is 0 Å². The predicted octanol–water partition coefficient (Wildman–Crippen LogP) is 5.36. The van der Waals surface area contributed by atoms with Crippen molar-refractivity contribution < 1.29 is 14.4 Å². The fraction of sp³-hybridized carbons (Fsp3) is 0.238. The Labute approximate surface area is 161 Å². The van der Waals surface area contributed by atoms with Crippen LogP contribution >= 0.6 is 15.9 Å². The minimum Gasteiger partial charge on any atom is -0.494 e. The lowest BCUT2D eigenvalue weighted by Crippen LogP contribution is -2.07. The summed E-state index contributed by atoms with van der Waals surface area (Å²) in [5.74, 6) is 0.372. The molecular formula is C21H20BrNO3. The molecular weight excluding hydrogens is 394 g/mol. The number of carbonyl (C=O) groups is 1. The van der Waals surface area contributed by atoms with Crippen molar-refractivity contribution in [2.24, 2.45) is 5.16 Å². The van der Waals surface area contributed by atoms with Crippen LogP contribution in [-0.4, -0.2) is 18.3 Å². The third-order valence-corrected chi connectivity index (χ3v) is 4.55. The molecule has 0 fully saturated rings. The molecule has 1 aliphatic rings. The Bertz CT molecular complexity index is 823. The molecule has 26 heavy (non-hydrogen) atoms. The van der Waals surface area contributed by atoms with Crippen molar-refractivity contribution in [2.45, 2.75) is 26.2 Å². The van der Waals surface area contributed by atoms with E-state index in [1.165, 1.54) is 12.8 Å². The van der Waals surface area contributed by atoms with Gasteiger partial charge in [-0.05, 0) is 54.5 Å². The van der Waals surface area contributed by atoms with Gasteiger partial charge < -0.3 is 9.57 Å². The number of unbranched alkanes of at least 4 members (excludes halogenated alkanes) is 2. The Balaban J connectivity index is 1.75. The molecule has 0 unspecified atom stereocenters. The summed E-state index contributed by atoms with van der Waals surface area (Å²) in [6, 6.07) is 15.3. The maximum absolute atomic E-state index is 12.1. The summed E-state index contributed by atoms with van der Waals surface area (Å²) in [6.07, 6.45) is 5.17. The molecule has 0 bridgehead atoms. The van der Waals surface area contributed by atoms with E-state index in [0.29, 0.717) is 17.9 Å². The normalized spacial score (nSPS) is 15.1.